The van der Waals surface area contributed by atoms with E-state index in [0.29, 0.717) is 28.8 Å². The molecule has 1 N–H and O–H groups in total. The van der Waals surface area contributed by atoms with Crippen LogP contribution in [-0.2, 0) is 16.1 Å². The van der Waals surface area contributed by atoms with Crippen LogP contribution in [0.1, 0.15) is 5.56 Å². The van der Waals surface area contributed by atoms with Gasteiger partial charge in [-0.2, -0.15) is 13.2 Å². The molecule has 0 unspecified atom stereocenters. The van der Waals surface area contributed by atoms with E-state index < -0.39 is 36.1 Å². The highest BCUT2D eigenvalue weighted by atomic mass is 32.2. The third kappa shape index (κ3) is 8.01. The molecule has 0 heterocycles. The number of carboxylic acids is 1. The third-order valence-electron chi connectivity index (χ3n) is 2.95. The number of hydrogen-bond acceptors (Lipinski definition) is 5. The van der Waals surface area contributed by atoms with E-state index in [1.54, 1.807) is 18.2 Å². The van der Waals surface area contributed by atoms with Crippen LogP contribution in [0.15, 0.2) is 18.2 Å². The zero-order valence-corrected chi connectivity index (χ0v) is 14.4. The molecule has 0 aromatic heterocycles. The number of thioether (sulfide) groups is 1. The van der Waals surface area contributed by atoms with Gasteiger partial charge in [0, 0.05) is 12.6 Å². The monoisotopic (exact) mass is 381 g/mol. The second-order valence-corrected chi connectivity index (χ2v) is 5.96. The molecule has 0 bridgehead atoms. The van der Waals surface area contributed by atoms with Gasteiger partial charge in [0.2, 0.25) is 5.91 Å². The van der Waals surface area contributed by atoms with Gasteiger partial charge in [0.25, 0.3) is 0 Å². The Kier molecular flexibility index (Phi) is 7.88. The van der Waals surface area contributed by atoms with Gasteiger partial charge in [0.1, 0.15) is 18.0 Å². The summed E-state index contributed by atoms with van der Waals surface area (Å²) in [4.78, 5) is 24.0. The van der Waals surface area contributed by atoms with Crippen LogP contribution < -0.4 is 9.47 Å². The first-order valence-electron chi connectivity index (χ1n) is 7.00. The molecular weight excluding hydrogens is 363 g/mol. The number of aliphatic carboxylic acids is 1. The smallest absolute Gasteiger partial charge is 0.397 e. The number of carbonyl (C=O) groups is 2. The zero-order chi connectivity index (χ0) is 19.0. The van der Waals surface area contributed by atoms with Crippen LogP contribution >= 0.6 is 11.8 Å². The summed E-state index contributed by atoms with van der Waals surface area (Å²) in [5, 5.41) is 8.94. The average molecular weight is 381 g/mol. The van der Waals surface area contributed by atoms with E-state index in [0.717, 1.165) is 4.90 Å². The first-order chi connectivity index (χ1) is 11.6. The summed E-state index contributed by atoms with van der Waals surface area (Å²) in [7, 11) is 2.87. The average Bonchev–Trinajstić information content (AvgIpc) is 2.52. The summed E-state index contributed by atoms with van der Waals surface area (Å²) in [6, 6.07) is 4.78. The number of benzene rings is 1. The van der Waals surface area contributed by atoms with Crippen molar-refractivity contribution in [1.82, 2.24) is 4.90 Å². The second kappa shape index (κ2) is 9.40. The van der Waals surface area contributed by atoms with E-state index in [1.807, 2.05) is 0 Å². The SMILES string of the molecule is COc1cc(CN(CC(=O)O)C(=O)CSCC(F)(F)F)cc(OC)c1. The molecule has 1 amide bonds. The van der Waals surface area contributed by atoms with Gasteiger partial charge in [-0.25, -0.2) is 0 Å². The molecule has 0 radical (unpaired) electrons. The Morgan fingerprint density at radius 2 is 1.72 bits per heavy atom. The number of nitrogens with zero attached hydrogens (tertiary/aromatic N) is 1. The fourth-order valence-electron chi connectivity index (χ4n) is 1.92. The summed E-state index contributed by atoms with van der Waals surface area (Å²) >= 11 is 0.391. The Hall–Kier alpha value is -2.10. The van der Waals surface area contributed by atoms with Gasteiger partial charge in [-0.3, -0.25) is 9.59 Å². The Labute approximate surface area is 146 Å². The van der Waals surface area contributed by atoms with Crippen LogP contribution in [0.2, 0.25) is 0 Å². The van der Waals surface area contributed by atoms with E-state index in [2.05, 4.69) is 0 Å². The Bertz CT molecular complexity index is 587. The van der Waals surface area contributed by atoms with Crippen LogP contribution in [-0.4, -0.2) is 60.3 Å². The lowest BCUT2D eigenvalue weighted by Crippen LogP contribution is -2.36. The Morgan fingerprint density at radius 1 is 1.16 bits per heavy atom. The molecule has 0 saturated carbocycles. The fraction of sp³-hybridized carbons (Fsp3) is 0.467. The molecule has 6 nitrogen and oxygen atoms in total. The summed E-state index contributed by atoms with van der Waals surface area (Å²) in [5.41, 5.74) is 0.534. The molecule has 0 saturated heterocycles. The van der Waals surface area contributed by atoms with Crippen LogP contribution in [0.5, 0.6) is 11.5 Å². The lowest BCUT2D eigenvalue weighted by Gasteiger charge is -2.21. The van der Waals surface area contributed by atoms with E-state index in [-0.39, 0.29) is 6.54 Å². The van der Waals surface area contributed by atoms with E-state index in [4.69, 9.17) is 14.6 Å². The summed E-state index contributed by atoms with van der Waals surface area (Å²) in [6.07, 6.45) is -4.39. The predicted molar refractivity (Wildman–Crippen MR) is 86.0 cm³/mol. The predicted octanol–water partition coefficient (Wildman–Crippen LogP) is 2.41. The largest absolute Gasteiger partial charge is 0.497 e. The molecule has 1 aromatic carbocycles. The third-order valence-corrected chi connectivity index (χ3v) is 3.94. The van der Waals surface area contributed by atoms with E-state index in [9.17, 15) is 22.8 Å². The van der Waals surface area contributed by atoms with Gasteiger partial charge >= 0.3 is 12.1 Å². The molecule has 0 aliphatic carbocycles. The molecule has 0 aliphatic rings. The molecule has 0 fully saturated rings. The maximum Gasteiger partial charge on any atom is 0.397 e. The van der Waals surface area contributed by atoms with Crippen molar-refractivity contribution in [2.75, 3.05) is 32.3 Å². The van der Waals surface area contributed by atoms with Crippen molar-refractivity contribution in [3.8, 4) is 11.5 Å². The molecule has 25 heavy (non-hydrogen) atoms. The quantitative estimate of drug-likeness (QED) is 0.708. The van der Waals surface area contributed by atoms with Crippen molar-refractivity contribution in [2.45, 2.75) is 12.7 Å². The van der Waals surface area contributed by atoms with Crippen molar-refractivity contribution >= 4 is 23.6 Å². The van der Waals surface area contributed by atoms with Gasteiger partial charge in [-0.15, -0.1) is 11.8 Å². The minimum atomic E-state index is -4.39. The number of halogens is 3. The molecule has 1 rings (SSSR count). The minimum absolute atomic E-state index is 0.0920. The van der Waals surface area contributed by atoms with Crippen molar-refractivity contribution in [1.29, 1.82) is 0 Å². The van der Waals surface area contributed by atoms with Crippen LogP contribution in [0.3, 0.4) is 0 Å². The van der Waals surface area contributed by atoms with Gasteiger partial charge in [0.15, 0.2) is 0 Å². The van der Waals surface area contributed by atoms with E-state index in [1.165, 1.54) is 14.2 Å². The van der Waals surface area contributed by atoms with Gasteiger partial charge in [-0.05, 0) is 17.7 Å². The fourth-order valence-corrected chi connectivity index (χ4v) is 2.61. The number of amides is 1. The number of carbonyl (C=O) groups excluding carboxylic acids is 1. The van der Waals surface area contributed by atoms with Crippen LogP contribution in [0.4, 0.5) is 13.2 Å². The lowest BCUT2D eigenvalue weighted by atomic mass is 10.2. The summed E-state index contributed by atoms with van der Waals surface area (Å²) in [5.74, 6) is -2.70. The van der Waals surface area contributed by atoms with Crippen molar-refractivity contribution in [2.24, 2.45) is 0 Å². The number of carboxylic acid groups (broad SMARTS) is 1. The first kappa shape index (κ1) is 20.9. The van der Waals surface area contributed by atoms with Crippen molar-refractivity contribution in [3.05, 3.63) is 23.8 Å². The number of ether oxygens (including phenoxy) is 2. The molecule has 0 atom stereocenters. The van der Waals surface area contributed by atoms with Gasteiger partial charge in [0.05, 0.1) is 25.7 Å². The summed E-state index contributed by atoms with van der Waals surface area (Å²) < 4.78 is 46.7. The zero-order valence-electron chi connectivity index (χ0n) is 13.6. The standard InChI is InChI=1S/C15H18F3NO5S/c1-23-11-3-10(4-12(5-11)24-2)6-19(7-14(21)22)13(20)8-25-9-15(16,17)18/h3-5H,6-9H2,1-2H3,(H,21,22). The van der Waals surface area contributed by atoms with Gasteiger partial charge < -0.3 is 19.5 Å². The topological polar surface area (TPSA) is 76.1 Å². The highest BCUT2D eigenvalue weighted by Crippen LogP contribution is 2.24. The normalized spacial score (nSPS) is 11.1. The molecular formula is C15H18F3NO5S. The van der Waals surface area contributed by atoms with Gasteiger partial charge in [-0.1, -0.05) is 0 Å². The van der Waals surface area contributed by atoms with Crippen LogP contribution in [0, 0.1) is 0 Å². The molecule has 0 aliphatic heterocycles. The Morgan fingerprint density at radius 3 is 2.16 bits per heavy atom. The van der Waals surface area contributed by atoms with Crippen molar-refractivity contribution < 1.29 is 37.3 Å². The maximum absolute atomic E-state index is 12.2. The number of rotatable bonds is 9. The highest BCUT2D eigenvalue weighted by Gasteiger charge is 2.28. The van der Waals surface area contributed by atoms with Crippen molar-refractivity contribution in [3.63, 3.8) is 0 Å². The number of alkyl halides is 3. The number of methoxy groups -OCH3 is 2. The minimum Gasteiger partial charge on any atom is -0.497 e. The lowest BCUT2D eigenvalue weighted by molar-refractivity contribution is -0.143. The van der Waals surface area contributed by atoms with E-state index >= 15 is 0 Å². The maximum atomic E-state index is 12.2. The molecule has 140 valence electrons. The summed E-state index contributed by atoms with van der Waals surface area (Å²) in [6.45, 7) is -0.712. The van der Waals surface area contributed by atoms with Crippen LogP contribution in [0.25, 0.3) is 0 Å². The second-order valence-electron chi connectivity index (χ2n) is 4.97. The number of hydrogen-bond donors (Lipinski definition) is 1. The first-order valence-corrected chi connectivity index (χ1v) is 8.16. The molecule has 0 spiro atoms. The molecule has 1 aromatic rings. The highest BCUT2D eigenvalue weighted by molar-refractivity contribution is 8.00. The Balaban J connectivity index is 2.85. The molecule has 10 heteroatoms.